The highest BCUT2D eigenvalue weighted by atomic mass is 32.2. The fourth-order valence-electron chi connectivity index (χ4n) is 3.15. The second-order valence-electron chi connectivity index (χ2n) is 6.80. The zero-order chi connectivity index (χ0) is 20.9. The van der Waals surface area contributed by atoms with Gasteiger partial charge >= 0.3 is 0 Å². The molecule has 0 bridgehead atoms. The van der Waals surface area contributed by atoms with Gasteiger partial charge in [0.1, 0.15) is 0 Å². The minimum Gasteiger partial charge on any atom is -0.379 e. The zero-order valence-corrected chi connectivity index (χ0v) is 17.0. The largest absolute Gasteiger partial charge is 0.379 e. The Bertz CT molecular complexity index is 1000. The molecule has 0 radical (unpaired) electrons. The second-order valence-corrected chi connectivity index (χ2v) is 7.81. The number of nitro benzene ring substituents is 1. The summed E-state index contributed by atoms with van der Waals surface area (Å²) in [5.74, 6) is -0.160. The van der Waals surface area contributed by atoms with Crippen molar-refractivity contribution in [2.24, 2.45) is 4.99 Å². The number of amides is 1. The maximum absolute atomic E-state index is 13.2. The molecule has 2 aromatic rings. The molecule has 2 aliphatic heterocycles. The molecule has 154 valence electrons. The molecule has 0 N–H and O–H groups in total. The Morgan fingerprint density at radius 1 is 1.13 bits per heavy atom. The van der Waals surface area contributed by atoms with Crippen LogP contribution in [0, 0.1) is 10.1 Å². The van der Waals surface area contributed by atoms with Crippen molar-refractivity contribution >= 4 is 40.3 Å². The number of aliphatic imine (C=N–C) groups is 1. The van der Waals surface area contributed by atoms with E-state index in [4.69, 9.17) is 4.74 Å². The molecule has 0 saturated carbocycles. The van der Waals surface area contributed by atoms with Gasteiger partial charge in [0.05, 0.1) is 35.4 Å². The summed E-state index contributed by atoms with van der Waals surface area (Å²) in [5.41, 5.74) is 1.35. The number of thioether (sulfide) groups is 1. The smallest absolute Gasteiger partial charge is 0.270 e. The van der Waals surface area contributed by atoms with Gasteiger partial charge in [-0.3, -0.25) is 24.7 Å². The number of ether oxygens (including phenoxy) is 1. The average molecular weight is 424 g/mol. The molecule has 2 aliphatic rings. The van der Waals surface area contributed by atoms with Gasteiger partial charge < -0.3 is 4.74 Å². The van der Waals surface area contributed by atoms with Crippen LogP contribution >= 0.6 is 11.8 Å². The van der Waals surface area contributed by atoms with Crippen LogP contribution in [0.4, 0.5) is 11.4 Å². The third-order valence-corrected chi connectivity index (χ3v) is 5.70. The van der Waals surface area contributed by atoms with Crippen LogP contribution in [0.15, 0.2) is 64.5 Å². The number of carbonyl (C=O) groups is 1. The van der Waals surface area contributed by atoms with Crippen molar-refractivity contribution in [1.82, 2.24) is 9.80 Å². The number of benzene rings is 2. The SMILES string of the molecule is O=C1/C(=C/c2cccc([N+](=O)[O-])c2)SC(=Nc2ccccc2)N1CN1CCOCC1. The number of rotatable bonds is 5. The van der Waals surface area contributed by atoms with Crippen molar-refractivity contribution in [1.29, 1.82) is 0 Å². The lowest BCUT2D eigenvalue weighted by Crippen LogP contribution is -2.45. The topological polar surface area (TPSA) is 88.3 Å². The van der Waals surface area contributed by atoms with E-state index in [1.165, 1.54) is 23.9 Å². The molecule has 2 aromatic carbocycles. The predicted molar refractivity (Wildman–Crippen MR) is 116 cm³/mol. The van der Waals surface area contributed by atoms with Gasteiger partial charge in [0.25, 0.3) is 11.6 Å². The molecule has 9 heteroatoms. The zero-order valence-electron chi connectivity index (χ0n) is 16.1. The number of morpholine rings is 1. The Kier molecular flexibility index (Phi) is 6.22. The molecule has 4 rings (SSSR count). The predicted octanol–water partition coefficient (Wildman–Crippen LogP) is 3.49. The van der Waals surface area contributed by atoms with Gasteiger partial charge in [-0.2, -0.15) is 0 Å². The van der Waals surface area contributed by atoms with E-state index in [1.54, 1.807) is 23.1 Å². The standard InChI is InChI=1S/C21H20N4O4S/c26-20-19(14-16-5-4-8-18(13-16)25(27)28)30-21(22-17-6-2-1-3-7-17)24(20)15-23-9-11-29-12-10-23/h1-8,13-14H,9-12,15H2/b19-14-,22-21?. The molecule has 8 nitrogen and oxygen atoms in total. The van der Waals surface area contributed by atoms with E-state index in [1.807, 2.05) is 30.3 Å². The first-order valence-electron chi connectivity index (χ1n) is 9.50. The Morgan fingerprint density at radius 2 is 1.90 bits per heavy atom. The quantitative estimate of drug-likeness (QED) is 0.415. The Balaban J connectivity index is 1.64. The van der Waals surface area contributed by atoms with Crippen LogP contribution in [-0.4, -0.2) is 58.8 Å². The molecule has 30 heavy (non-hydrogen) atoms. The molecule has 2 fully saturated rings. The van der Waals surface area contributed by atoms with Gasteiger partial charge in [0, 0.05) is 25.2 Å². The minimum atomic E-state index is -0.446. The van der Waals surface area contributed by atoms with Crippen molar-refractivity contribution in [3.05, 3.63) is 75.2 Å². The van der Waals surface area contributed by atoms with Gasteiger partial charge in [-0.05, 0) is 35.5 Å². The van der Waals surface area contributed by atoms with E-state index in [9.17, 15) is 14.9 Å². The lowest BCUT2D eigenvalue weighted by molar-refractivity contribution is -0.384. The van der Waals surface area contributed by atoms with Gasteiger partial charge in [-0.15, -0.1) is 0 Å². The number of nitrogens with zero attached hydrogens (tertiary/aromatic N) is 4. The van der Waals surface area contributed by atoms with Crippen LogP contribution in [0.5, 0.6) is 0 Å². The molecule has 0 atom stereocenters. The number of carbonyl (C=O) groups excluding carboxylic acids is 1. The van der Waals surface area contributed by atoms with Crippen molar-refractivity contribution in [2.75, 3.05) is 33.0 Å². The third kappa shape index (κ3) is 4.76. The van der Waals surface area contributed by atoms with Gasteiger partial charge in [-0.25, -0.2) is 4.99 Å². The summed E-state index contributed by atoms with van der Waals surface area (Å²) in [6, 6.07) is 15.7. The fraction of sp³-hybridized carbons (Fsp3) is 0.238. The van der Waals surface area contributed by atoms with E-state index in [0.29, 0.717) is 35.5 Å². The third-order valence-electron chi connectivity index (χ3n) is 4.69. The molecular weight excluding hydrogens is 404 g/mol. The molecule has 0 unspecified atom stereocenters. The molecule has 0 aliphatic carbocycles. The van der Waals surface area contributed by atoms with Crippen LogP contribution in [0.1, 0.15) is 5.56 Å². The first kappa shape index (κ1) is 20.3. The van der Waals surface area contributed by atoms with E-state index >= 15 is 0 Å². The van der Waals surface area contributed by atoms with Crippen LogP contribution < -0.4 is 0 Å². The van der Waals surface area contributed by atoms with E-state index < -0.39 is 4.92 Å². The number of nitro groups is 1. The summed E-state index contributed by atoms with van der Waals surface area (Å²) in [7, 11) is 0. The van der Waals surface area contributed by atoms with Crippen LogP contribution in [0.3, 0.4) is 0 Å². The van der Waals surface area contributed by atoms with E-state index in [0.717, 1.165) is 18.8 Å². The maximum atomic E-state index is 13.2. The van der Waals surface area contributed by atoms with E-state index in [-0.39, 0.29) is 11.6 Å². The molecule has 0 spiro atoms. The fourth-order valence-corrected chi connectivity index (χ4v) is 4.14. The number of amidine groups is 1. The van der Waals surface area contributed by atoms with Crippen molar-refractivity contribution in [3.63, 3.8) is 0 Å². The van der Waals surface area contributed by atoms with Gasteiger partial charge in [0.2, 0.25) is 0 Å². The van der Waals surface area contributed by atoms with Crippen LogP contribution in [0.25, 0.3) is 6.08 Å². The minimum absolute atomic E-state index is 0.0110. The van der Waals surface area contributed by atoms with Crippen molar-refractivity contribution < 1.29 is 14.5 Å². The lowest BCUT2D eigenvalue weighted by atomic mass is 10.2. The lowest BCUT2D eigenvalue weighted by Gasteiger charge is -2.30. The molecule has 1 amide bonds. The average Bonchev–Trinajstić information content (AvgIpc) is 3.04. The number of hydrogen-bond acceptors (Lipinski definition) is 7. The van der Waals surface area contributed by atoms with Crippen LogP contribution in [0.2, 0.25) is 0 Å². The highest BCUT2D eigenvalue weighted by molar-refractivity contribution is 8.18. The Morgan fingerprint density at radius 3 is 2.63 bits per heavy atom. The summed E-state index contributed by atoms with van der Waals surface area (Å²) in [5, 5.41) is 11.6. The normalized spacial score (nSPS) is 20.3. The van der Waals surface area contributed by atoms with Crippen molar-refractivity contribution in [3.8, 4) is 0 Å². The van der Waals surface area contributed by atoms with Crippen LogP contribution in [-0.2, 0) is 9.53 Å². The first-order chi connectivity index (χ1) is 14.6. The second kappa shape index (κ2) is 9.21. The summed E-state index contributed by atoms with van der Waals surface area (Å²) < 4.78 is 5.40. The summed E-state index contributed by atoms with van der Waals surface area (Å²) >= 11 is 1.28. The Hall–Kier alpha value is -3.01. The van der Waals surface area contributed by atoms with Gasteiger partial charge in [0.15, 0.2) is 5.17 Å². The summed E-state index contributed by atoms with van der Waals surface area (Å²) in [6.45, 7) is 3.19. The molecule has 0 aromatic heterocycles. The number of para-hydroxylation sites is 1. The Labute approximate surface area is 178 Å². The number of non-ortho nitro benzene ring substituents is 1. The first-order valence-corrected chi connectivity index (χ1v) is 10.3. The van der Waals surface area contributed by atoms with Gasteiger partial charge in [-0.1, -0.05) is 30.3 Å². The van der Waals surface area contributed by atoms with E-state index in [2.05, 4.69) is 9.89 Å². The molecular formula is C21H20N4O4S. The molecule has 2 saturated heterocycles. The van der Waals surface area contributed by atoms with Crippen molar-refractivity contribution in [2.45, 2.75) is 0 Å². The molecule has 2 heterocycles. The highest BCUT2D eigenvalue weighted by Gasteiger charge is 2.35. The highest BCUT2D eigenvalue weighted by Crippen LogP contribution is 2.34. The summed E-state index contributed by atoms with van der Waals surface area (Å²) in [6.07, 6.45) is 1.68. The number of hydrogen-bond donors (Lipinski definition) is 0. The maximum Gasteiger partial charge on any atom is 0.270 e. The monoisotopic (exact) mass is 424 g/mol. The summed E-state index contributed by atoms with van der Waals surface area (Å²) in [4.78, 5) is 32.7.